The summed E-state index contributed by atoms with van der Waals surface area (Å²) in [5.74, 6) is -3.63. The molecule has 3 saturated heterocycles. The highest BCUT2D eigenvalue weighted by atomic mass is 32.2. The number of hydrogen-bond acceptors (Lipinski definition) is 18. The van der Waals surface area contributed by atoms with Crippen molar-refractivity contribution in [3.63, 3.8) is 0 Å². The van der Waals surface area contributed by atoms with E-state index in [2.05, 4.69) is 15.4 Å². The maximum Gasteiger partial charge on any atom is 0.242 e. The van der Waals surface area contributed by atoms with Gasteiger partial charge in [-0.1, -0.05) is 18.6 Å². The molecular weight excluding hydrogens is 845 g/mol. The first kappa shape index (κ1) is 46.5. The summed E-state index contributed by atoms with van der Waals surface area (Å²) in [6.07, 6.45) is -3.52. The Bertz CT molecular complexity index is 2150. The average Bonchev–Trinajstić information content (AvgIpc) is 3.54. The monoisotopic (exact) mass is 898 g/mol. The third kappa shape index (κ3) is 9.23. The minimum Gasteiger partial charge on any atom is -0.507 e. The second kappa shape index (κ2) is 19.7. The number of aliphatic hydroxyl groups excluding tert-OH is 3. The second-order valence-electron chi connectivity index (χ2n) is 16.4. The molecule has 7 N–H and O–H groups in total. The molecule has 2 aromatic carbocycles. The molecule has 0 bridgehead atoms. The molecule has 342 valence electrons. The summed E-state index contributed by atoms with van der Waals surface area (Å²) in [5.41, 5.74) is -1.54. The van der Waals surface area contributed by atoms with Crippen molar-refractivity contribution in [3.05, 3.63) is 51.6 Å². The van der Waals surface area contributed by atoms with Crippen molar-refractivity contribution >= 4 is 46.8 Å². The van der Waals surface area contributed by atoms with E-state index in [9.17, 15) is 49.5 Å². The zero-order valence-electron chi connectivity index (χ0n) is 35.1. The van der Waals surface area contributed by atoms with Gasteiger partial charge in [-0.2, -0.15) is 5.10 Å². The van der Waals surface area contributed by atoms with Gasteiger partial charge in [-0.3, -0.25) is 33.8 Å². The number of carbonyl (C=O) groups is 5. The largest absolute Gasteiger partial charge is 0.507 e. The van der Waals surface area contributed by atoms with Crippen LogP contribution in [0.1, 0.15) is 101 Å². The minimum absolute atomic E-state index is 0.0252. The highest BCUT2D eigenvalue weighted by Gasteiger charge is 2.50. The molecule has 3 fully saturated rings. The van der Waals surface area contributed by atoms with Crippen molar-refractivity contribution in [2.45, 2.75) is 99.8 Å². The van der Waals surface area contributed by atoms with Gasteiger partial charge in [-0.15, -0.1) is 11.8 Å². The van der Waals surface area contributed by atoms with Crippen LogP contribution >= 0.6 is 11.8 Å². The maximum atomic E-state index is 14.2. The zero-order chi connectivity index (χ0) is 45.2. The molecule has 7 rings (SSSR count). The van der Waals surface area contributed by atoms with Crippen LogP contribution in [0.5, 0.6) is 17.2 Å². The standard InChI is InChI=1S/C43H54N4O15S/c1-22-37(52)25(46-11-14-60-15-12-46)17-32(61-22)62-27-20-43(58,29(21-49)44-45-30(50)9-4-3-5-10-47-31(51)18-28(42(47)57)63-16-13-48)19-24-34(27)41(56)36-35(39(24)54)38(53)23-7-6-8-26(59-2)33(23)40(36)55/h6-8,22,25,27-28,32,37,48-49,52,54,56,58H,3-5,9-21H2,1-2H3,(H,45,50)/b44-29+/t22-,25-,27-,28?,32?,37?,43-/m0/s1. The Labute approximate surface area is 367 Å². The van der Waals surface area contributed by atoms with E-state index in [0.29, 0.717) is 51.3 Å². The number of hydrogen-bond donors (Lipinski definition) is 7. The van der Waals surface area contributed by atoms with Gasteiger partial charge in [0.05, 0.1) is 79.5 Å². The van der Waals surface area contributed by atoms with Crippen molar-refractivity contribution in [1.82, 2.24) is 15.2 Å². The van der Waals surface area contributed by atoms with E-state index < -0.39 is 101 Å². The molecule has 20 heteroatoms. The number of fused-ring (bicyclic) bond motifs is 3. The Balaban J connectivity index is 1.13. The number of morpholine rings is 1. The van der Waals surface area contributed by atoms with Crippen LogP contribution in [0.4, 0.5) is 0 Å². The fourth-order valence-corrected chi connectivity index (χ4v) is 10.2. The first-order valence-corrected chi connectivity index (χ1v) is 22.2. The number of hydrazone groups is 1. The van der Waals surface area contributed by atoms with Crippen LogP contribution in [-0.2, 0) is 35.0 Å². The van der Waals surface area contributed by atoms with Crippen molar-refractivity contribution in [2.75, 3.05) is 58.9 Å². The van der Waals surface area contributed by atoms with Crippen molar-refractivity contribution in [2.24, 2.45) is 5.10 Å². The lowest BCUT2D eigenvalue weighted by Crippen LogP contribution is -2.58. The molecule has 0 radical (unpaired) electrons. The van der Waals surface area contributed by atoms with Gasteiger partial charge < -0.3 is 49.6 Å². The van der Waals surface area contributed by atoms with Gasteiger partial charge in [-0.25, -0.2) is 5.43 Å². The topological polar surface area (TPSA) is 275 Å². The lowest BCUT2D eigenvalue weighted by molar-refractivity contribution is -0.259. The van der Waals surface area contributed by atoms with E-state index in [1.165, 1.54) is 42.0 Å². The third-order valence-corrected chi connectivity index (χ3v) is 13.7. The lowest BCUT2D eigenvalue weighted by Gasteiger charge is -2.46. The number of nitrogens with zero attached hydrogens (tertiary/aromatic N) is 3. The number of phenols is 2. The number of phenolic OH excluding ortho intramolecular Hbond substituents is 2. The Hall–Kier alpha value is -4.51. The lowest BCUT2D eigenvalue weighted by atomic mass is 9.71. The highest BCUT2D eigenvalue weighted by Crippen LogP contribution is 2.53. The van der Waals surface area contributed by atoms with Gasteiger partial charge in [0.1, 0.15) is 22.8 Å². The molecule has 0 spiro atoms. The number of benzene rings is 2. The SMILES string of the molecule is COc1cccc2c1C(=O)c1c(O)c3c(c(O)c1C2=O)C[C@@](O)(/C(CO)=N/NC(=O)CCCCCN1C(=O)CC(SCCO)C1=O)C[C@@H]3OC1C[C@H](N2CCOCC2)C(O)[C@H](C)O1. The Morgan fingerprint density at radius 1 is 1.03 bits per heavy atom. The fourth-order valence-electron chi connectivity index (χ4n) is 9.24. The average molecular weight is 899 g/mol. The molecule has 7 atom stereocenters. The number of ketones is 2. The predicted molar refractivity (Wildman–Crippen MR) is 224 cm³/mol. The molecule has 3 aliphatic heterocycles. The van der Waals surface area contributed by atoms with Gasteiger partial charge in [0, 0.05) is 80.2 Å². The number of aliphatic hydroxyl groups is 4. The van der Waals surface area contributed by atoms with Crippen molar-refractivity contribution in [3.8, 4) is 17.2 Å². The van der Waals surface area contributed by atoms with Gasteiger partial charge in [0.15, 0.2) is 12.1 Å². The number of carbonyl (C=O) groups excluding carboxylic acids is 5. The van der Waals surface area contributed by atoms with Crippen molar-refractivity contribution < 1.29 is 73.6 Å². The number of likely N-dealkylation sites (tertiary alicyclic amines) is 1. The summed E-state index contributed by atoms with van der Waals surface area (Å²) >= 11 is 1.24. The van der Waals surface area contributed by atoms with E-state index in [-0.39, 0.29) is 77.9 Å². The molecule has 0 saturated carbocycles. The first-order valence-electron chi connectivity index (χ1n) is 21.2. The smallest absolute Gasteiger partial charge is 0.242 e. The van der Waals surface area contributed by atoms with Crippen LogP contribution in [-0.4, -0.2) is 170 Å². The molecule has 63 heavy (non-hydrogen) atoms. The molecule has 5 aliphatic rings. The molecule has 3 heterocycles. The Kier molecular flexibility index (Phi) is 14.5. The number of aromatic hydroxyl groups is 2. The molecule has 19 nitrogen and oxygen atoms in total. The molecule has 0 aromatic heterocycles. The minimum atomic E-state index is -2.17. The number of thioether (sulfide) groups is 1. The second-order valence-corrected chi connectivity index (χ2v) is 17.7. The van der Waals surface area contributed by atoms with Gasteiger partial charge in [0.25, 0.3) is 0 Å². The molecule has 2 aromatic rings. The maximum absolute atomic E-state index is 14.2. The van der Waals surface area contributed by atoms with E-state index in [4.69, 9.17) is 24.1 Å². The van der Waals surface area contributed by atoms with E-state index in [0.717, 1.165) is 0 Å². The van der Waals surface area contributed by atoms with Crippen LogP contribution < -0.4 is 10.2 Å². The summed E-state index contributed by atoms with van der Waals surface area (Å²) in [6, 6.07) is 3.96. The zero-order valence-corrected chi connectivity index (χ0v) is 35.9. The van der Waals surface area contributed by atoms with Gasteiger partial charge in [0.2, 0.25) is 23.5 Å². The van der Waals surface area contributed by atoms with Gasteiger partial charge >= 0.3 is 0 Å². The Morgan fingerprint density at radius 3 is 2.49 bits per heavy atom. The summed E-state index contributed by atoms with van der Waals surface area (Å²) < 4.78 is 23.5. The normalized spacial score (nSPS) is 27.6. The number of amides is 3. The van der Waals surface area contributed by atoms with Crippen LogP contribution in [0.2, 0.25) is 0 Å². The predicted octanol–water partition coefficient (Wildman–Crippen LogP) is 0.691. The highest BCUT2D eigenvalue weighted by molar-refractivity contribution is 8.00. The number of unbranched alkanes of at least 4 members (excludes halogenated alkanes) is 2. The molecule has 3 unspecified atom stereocenters. The van der Waals surface area contributed by atoms with E-state index in [1.807, 2.05) is 0 Å². The molecule has 3 amide bonds. The van der Waals surface area contributed by atoms with Gasteiger partial charge in [-0.05, 0) is 25.8 Å². The van der Waals surface area contributed by atoms with E-state index >= 15 is 0 Å². The summed E-state index contributed by atoms with van der Waals surface area (Å²) in [6.45, 7) is 2.92. The quantitative estimate of drug-likeness (QED) is 0.0343. The molecular formula is C43H54N4O15S. The number of methoxy groups -OCH3 is 1. The number of imide groups is 1. The summed E-state index contributed by atoms with van der Waals surface area (Å²) in [7, 11) is 1.33. The number of rotatable bonds is 16. The van der Waals surface area contributed by atoms with Crippen LogP contribution in [0.3, 0.4) is 0 Å². The number of nitrogens with one attached hydrogen (secondary N) is 1. The van der Waals surface area contributed by atoms with Crippen molar-refractivity contribution in [1.29, 1.82) is 0 Å². The van der Waals surface area contributed by atoms with Crippen LogP contribution in [0.15, 0.2) is 23.3 Å². The molecule has 2 aliphatic carbocycles. The first-order chi connectivity index (χ1) is 30.2. The number of ether oxygens (including phenoxy) is 4. The third-order valence-electron chi connectivity index (χ3n) is 12.5. The van der Waals surface area contributed by atoms with Crippen LogP contribution in [0.25, 0.3) is 0 Å². The van der Waals surface area contributed by atoms with Crippen LogP contribution in [0, 0.1) is 0 Å². The Morgan fingerprint density at radius 2 is 1.78 bits per heavy atom. The fraction of sp³-hybridized carbons (Fsp3) is 0.581. The summed E-state index contributed by atoms with van der Waals surface area (Å²) in [4.78, 5) is 69.4. The summed E-state index contributed by atoms with van der Waals surface area (Å²) in [5, 5.41) is 70.8. The van der Waals surface area contributed by atoms with E-state index in [1.54, 1.807) is 6.92 Å².